The second kappa shape index (κ2) is 8.75. The largest absolute Gasteiger partial charge is 0.418 e. The fraction of sp³-hybridized carbons (Fsp3) is 0.556. The minimum Gasteiger partial charge on any atom is -0.353 e. The first kappa shape index (κ1) is 20.6. The Morgan fingerprint density at radius 1 is 1.23 bits per heavy atom. The molecule has 2 amide bonds. The molecule has 1 aliphatic carbocycles. The molecular weight excluding hydrogens is 369 g/mol. The maximum Gasteiger partial charge on any atom is 0.418 e. The van der Waals surface area contributed by atoms with Crippen LogP contribution in [-0.2, 0) is 15.8 Å². The third-order valence-corrected chi connectivity index (χ3v) is 4.70. The number of benzene rings is 1. The number of carbonyl (C=O) groups is 2. The Morgan fingerprint density at radius 3 is 2.46 bits per heavy atom. The Morgan fingerprint density at radius 2 is 1.88 bits per heavy atom. The maximum atomic E-state index is 13.3. The van der Waals surface area contributed by atoms with Crippen molar-refractivity contribution in [3.8, 4) is 0 Å². The van der Waals surface area contributed by atoms with Crippen LogP contribution >= 0.6 is 11.6 Å². The van der Waals surface area contributed by atoms with Gasteiger partial charge in [0.15, 0.2) is 0 Å². The molecule has 0 spiro atoms. The monoisotopic (exact) mass is 390 g/mol. The molecule has 1 aromatic rings. The fourth-order valence-corrected chi connectivity index (χ4v) is 3.35. The van der Waals surface area contributed by atoms with Crippen molar-refractivity contribution in [1.82, 2.24) is 5.32 Å². The topological polar surface area (TPSA) is 49.4 Å². The summed E-state index contributed by atoms with van der Waals surface area (Å²) in [4.78, 5) is 25.0. The minimum atomic E-state index is -4.65. The number of nitrogens with one attached hydrogen (secondary N) is 1. The zero-order chi connectivity index (χ0) is 19.3. The van der Waals surface area contributed by atoms with E-state index in [-0.39, 0.29) is 35.6 Å². The van der Waals surface area contributed by atoms with Crippen LogP contribution < -0.4 is 10.2 Å². The van der Waals surface area contributed by atoms with E-state index in [4.69, 9.17) is 11.6 Å². The molecule has 26 heavy (non-hydrogen) atoms. The van der Waals surface area contributed by atoms with E-state index in [1.807, 2.05) is 0 Å². The van der Waals surface area contributed by atoms with Gasteiger partial charge in [-0.1, -0.05) is 30.9 Å². The molecule has 144 valence electrons. The Hall–Kier alpha value is -1.76. The van der Waals surface area contributed by atoms with E-state index in [0.717, 1.165) is 49.1 Å². The predicted octanol–water partition coefficient (Wildman–Crippen LogP) is 4.55. The van der Waals surface area contributed by atoms with Crippen LogP contribution in [0.2, 0.25) is 5.02 Å². The molecule has 1 N–H and O–H groups in total. The average molecular weight is 391 g/mol. The van der Waals surface area contributed by atoms with Crippen LogP contribution in [0.4, 0.5) is 18.9 Å². The molecule has 0 bridgehead atoms. The van der Waals surface area contributed by atoms with Crippen molar-refractivity contribution in [2.45, 2.75) is 57.7 Å². The van der Waals surface area contributed by atoms with Crippen molar-refractivity contribution < 1.29 is 22.8 Å². The highest BCUT2D eigenvalue weighted by atomic mass is 35.5. The van der Waals surface area contributed by atoms with Crippen molar-refractivity contribution in [1.29, 1.82) is 0 Å². The van der Waals surface area contributed by atoms with Gasteiger partial charge in [-0.05, 0) is 31.0 Å². The van der Waals surface area contributed by atoms with Crippen molar-refractivity contribution in [3.05, 3.63) is 28.8 Å². The summed E-state index contributed by atoms with van der Waals surface area (Å²) in [6.45, 7) is 1.05. The Bertz CT molecular complexity index is 658. The van der Waals surface area contributed by atoms with E-state index in [1.165, 1.54) is 13.0 Å². The lowest BCUT2D eigenvalue weighted by molar-refractivity contribution is -0.137. The summed E-state index contributed by atoms with van der Waals surface area (Å²) in [7, 11) is 0. The third-order valence-electron chi connectivity index (χ3n) is 4.47. The van der Waals surface area contributed by atoms with Crippen LogP contribution in [0.1, 0.15) is 51.0 Å². The number of amides is 2. The van der Waals surface area contributed by atoms with Gasteiger partial charge in [0.2, 0.25) is 11.8 Å². The van der Waals surface area contributed by atoms with Crippen LogP contribution in [-0.4, -0.2) is 24.4 Å². The summed E-state index contributed by atoms with van der Waals surface area (Å²) in [5.41, 5.74) is -1.28. The van der Waals surface area contributed by atoms with Crippen LogP contribution in [0.15, 0.2) is 18.2 Å². The SMILES string of the molecule is CC(=O)N(CCC(=O)NC1CCCCC1)c1ccc(Cl)cc1C(F)(F)F. The Balaban J connectivity index is 2.09. The number of alkyl halides is 3. The van der Waals surface area contributed by atoms with E-state index >= 15 is 0 Å². The first-order valence-electron chi connectivity index (χ1n) is 8.62. The van der Waals surface area contributed by atoms with Gasteiger partial charge < -0.3 is 10.2 Å². The fourth-order valence-electron chi connectivity index (χ4n) is 3.18. The van der Waals surface area contributed by atoms with E-state index in [9.17, 15) is 22.8 Å². The number of hydrogen-bond donors (Lipinski definition) is 1. The van der Waals surface area contributed by atoms with Crippen molar-refractivity contribution in [2.24, 2.45) is 0 Å². The number of rotatable bonds is 5. The van der Waals surface area contributed by atoms with Gasteiger partial charge >= 0.3 is 6.18 Å². The molecule has 0 unspecified atom stereocenters. The molecule has 1 saturated carbocycles. The van der Waals surface area contributed by atoms with Crippen LogP contribution in [0.5, 0.6) is 0 Å². The van der Waals surface area contributed by atoms with E-state index < -0.39 is 17.6 Å². The van der Waals surface area contributed by atoms with Gasteiger partial charge in [-0.3, -0.25) is 9.59 Å². The Kier molecular flexibility index (Phi) is 6.92. The molecule has 1 fully saturated rings. The van der Waals surface area contributed by atoms with Crippen LogP contribution in [0, 0.1) is 0 Å². The molecule has 1 aromatic carbocycles. The normalized spacial score (nSPS) is 15.6. The molecule has 0 aromatic heterocycles. The van der Waals surface area contributed by atoms with Gasteiger partial charge in [0, 0.05) is 31.0 Å². The highest BCUT2D eigenvalue weighted by molar-refractivity contribution is 6.30. The average Bonchev–Trinajstić information content (AvgIpc) is 2.56. The molecule has 1 aliphatic rings. The summed E-state index contributed by atoms with van der Waals surface area (Å²) in [5.74, 6) is -0.825. The van der Waals surface area contributed by atoms with Crippen LogP contribution in [0.25, 0.3) is 0 Å². The highest BCUT2D eigenvalue weighted by Gasteiger charge is 2.36. The second-order valence-electron chi connectivity index (χ2n) is 6.48. The lowest BCUT2D eigenvalue weighted by atomic mass is 9.95. The zero-order valence-corrected chi connectivity index (χ0v) is 15.3. The van der Waals surface area contributed by atoms with Crippen molar-refractivity contribution in [2.75, 3.05) is 11.4 Å². The second-order valence-corrected chi connectivity index (χ2v) is 6.92. The molecule has 4 nitrogen and oxygen atoms in total. The number of nitrogens with zero attached hydrogens (tertiary/aromatic N) is 1. The first-order valence-corrected chi connectivity index (χ1v) is 9.00. The number of hydrogen-bond acceptors (Lipinski definition) is 2. The number of anilines is 1. The summed E-state index contributed by atoms with van der Waals surface area (Å²) >= 11 is 5.68. The van der Waals surface area contributed by atoms with Gasteiger partial charge in [-0.2, -0.15) is 13.2 Å². The van der Waals surface area contributed by atoms with Crippen molar-refractivity contribution in [3.63, 3.8) is 0 Å². The summed E-state index contributed by atoms with van der Waals surface area (Å²) < 4.78 is 39.9. The quantitative estimate of drug-likeness (QED) is 0.801. The van der Waals surface area contributed by atoms with Crippen molar-refractivity contribution >= 4 is 29.1 Å². The maximum absolute atomic E-state index is 13.3. The standard InChI is InChI=1S/C18H22ClF3N2O2/c1-12(25)24(10-9-17(26)23-14-5-3-2-4-6-14)16-8-7-13(19)11-15(16)18(20,21)22/h7-8,11,14H,2-6,9-10H2,1H3,(H,23,26). The minimum absolute atomic E-state index is 0.0595. The van der Waals surface area contributed by atoms with Gasteiger partial charge in [0.05, 0.1) is 11.3 Å². The van der Waals surface area contributed by atoms with E-state index in [1.54, 1.807) is 0 Å². The smallest absolute Gasteiger partial charge is 0.353 e. The lowest BCUT2D eigenvalue weighted by Crippen LogP contribution is -2.39. The highest BCUT2D eigenvalue weighted by Crippen LogP contribution is 2.38. The summed E-state index contributed by atoms with van der Waals surface area (Å²) in [6, 6.07) is 3.35. The molecule has 0 saturated heterocycles. The number of halogens is 4. The molecule has 0 atom stereocenters. The van der Waals surface area contributed by atoms with Gasteiger partial charge in [0.25, 0.3) is 0 Å². The lowest BCUT2D eigenvalue weighted by Gasteiger charge is -2.26. The summed E-state index contributed by atoms with van der Waals surface area (Å²) in [6.07, 6.45) is 0.388. The third kappa shape index (κ3) is 5.62. The predicted molar refractivity (Wildman–Crippen MR) is 94.1 cm³/mol. The van der Waals surface area contributed by atoms with Crippen LogP contribution in [0.3, 0.4) is 0 Å². The molecule has 2 rings (SSSR count). The molecule has 0 heterocycles. The Labute approximate surface area is 155 Å². The zero-order valence-electron chi connectivity index (χ0n) is 14.5. The molecule has 0 radical (unpaired) electrons. The van der Waals surface area contributed by atoms with Gasteiger partial charge in [-0.25, -0.2) is 0 Å². The molecule has 0 aliphatic heterocycles. The number of carbonyl (C=O) groups excluding carboxylic acids is 2. The summed E-state index contributed by atoms with van der Waals surface area (Å²) in [5, 5.41) is 2.83. The molecule has 8 heteroatoms. The van der Waals surface area contributed by atoms with E-state index in [0.29, 0.717) is 0 Å². The molecular formula is C18H22ClF3N2O2. The van der Waals surface area contributed by atoms with E-state index in [2.05, 4.69) is 5.32 Å². The van der Waals surface area contributed by atoms with Gasteiger partial charge in [0.1, 0.15) is 0 Å². The first-order chi connectivity index (χ1) is 12.2. The van der Waals surface area contributed by atoms with Gasteiger partial charge in [-0.15, -0.1) is 0 Å².